The smallest absolute Gasteiger partial charge is 0.406 e. The van der Waals surface area contributed by atoms with E-state index in [0.717, 1.165) is 9.80 Å². The van der Waals surface area contributed by atoms with Crippen molar-refractivity contribution < 1.29 is 62.3 Å². The Kier molecular flexibility index (Phi) is 44.1. The van der Waals surface area contributed by atoms with Gasteiger partial charge in [-0.15, -0.1) is 0 Å². The molecule has 0 aromatic rings. The molecule has 0 heterocycles. The number of alkyl carbamates (subject to hydrolysis) is 1. The standard InChI is InChI=1S/C27H52N8O7.C27H52N8O6/c1-18(2)33-20(25(28)39)10-6-8-13-30-22(36)16-35(24(38)12-15-32-27(41)42-5)17-23(37)31-14-9-7-11-21(26(29)40)34-19(3)4;1-18(2)33-21(26(28)40)10-6-8-13-31-23(37)16-35(25(39)12-15-30-20(5)36)17-24(38)32-14-9-7-11-22(27(29)41)34-19(3)4/h18-21,33-34H,6-17H2,1-5H3,(H2,28,39)(H2,29,40)(H,30,36)(H,31,37)(H,32,41);18-19,21-22,33-34H,6-17H2,1-5H3,(H2,28,40)(H2,29,41)(H,30,36)(H,31,37)(H,32,38). The van der Waals surface area contributed by atoms with Gasteiger partial charge < -0.3 is 90.6 Å². The second-order valence-corrected chi connectivity index (χ2v) is 21.4. The van der Waals surface area contributed by atoms with Gasteiger partial charge in [0.05, 0.1) is 31.3 Å². The summed E-state index contributed by atoms with van der Waals surface area (Å²) >= 11 is 0. The fourth-order valence-electron chi connectivity index (χ4n) is 8.03. The van der Waals surface area contributed by atoms with Crippen molar-refractivity contribution in [2.45, 2.75) is 201 Å². The highest BCUT2D eigenvalue weighted by Crippen LogP contribution is 2.06. The third kappa shape index (κ3) is 44.5. The van der Waals surface area contributed by atoms with Crippen LogP contribution < -0.4 is 76.1 Å². The highest BCUT2D eigenvalue weighted by Gasteiger charge is 2.24. The molecule has 12 amide bonds. The van der Waals surface area contributed by atoms with Gasteiger partial charge >= 0.3 is 6.09 Å². The minimum atomic E-state index is -0.700. The average molecular weight is 1190 g/mol. The van der Waals surface area contributed by atoms with E-state index in [9.17, 15) is 57.5 Å². The van der Waals surface area contributed by atoms with Gasteiger partial charge in [-0.25, -0.2) is 4.79 Å². The number of methoxy groups -OCH3 is 1. The van der Waals surface area contributed by atoms with E-state index in [1.807, 2.05) is 55.4 Å². The lowest BCUT2D eigenvalue weighted by molar-refractivity contribution is -0.139. The van der Waals surface area contributed by atoms with Gasteiger partial charge in [-0.3, -0.25) is 52.7 Å². The maximum atomic E-state index is 12.8. The van der Waals surface area contributed by atoms with Crippen molar-refractivity contribution in [1.82, 2.24) is 63.0 Å². The van der Waals surface area contributed by atoms with Crippen LogP contribution in [0.15, 0.2) is 0 Å². The minimum absolute atomic E-state index is 0.0257. The summed E-state index contributed by atoms with van der Waals surface area (Å²) in [4.78, 5) is 147. The maximum absolute atomic E-state index is 12.8. The summed E-state index contributed by atoms with van der Waals surface area (Å²) in [6.45, 7) is 16.8. The number of nitrogens with one attached hydrogen (secondary N) is 10. The SMILES string of the molecule is CC(=O)NCCC(=O)N(CC(=O)NCCCCC(NC(C)C)C(N)=O)CC(=O)NCCCCC(NC(C)C)C(N)=O.COC(=O)NCCC(=O)N(CC(=O)NCCCCC(NC(C)C)C(N)=O)CC(=O)NCCCCC(NC(C)C)C(N)=O. The maximum Gasteiger partial charge on any atom is 0.406 e. The topological polar surface area (TPSA) is 445 Å². The lowest BCUT2D eigenvalue weighted by atomic mass is 10.1. The quantitative estimate of drug-likeness (QED) is 0.0279. The molecular formula is C54H104N16O13. The first kappa shape index (κ1) is 78.3. The zero-order valence-corrected chi connectivity index (χ0v) is 51.1. The Bertz CT molecular complexity index is 1890. The number of hydrogen-bond donors (Lipinski definition) is 14. The molecule has 0 fully saturated rings. The van der Waals surface area contributed by atoms with Crippen LogP contribution in [0.25, 0.3) is 0 Å². The molecule has 0 saturated heterocycles. The molecule has 0 aromatic carbocycles. The van der Waals surface area contributed by atoms with Gasteiger partial charge in [-0.05, 0) is 77.0 Å². The van der Waals surface area contributed by atoms with Gasteiger partial charge in [0.1, 0.15) is 26.2 Å². The van der Waals surface area contributed by atoms with E-state index in [2.05, 4.69) is 57.9 Å². The molecule has 29 heteroatoms. The Morgan fingerprint density at radius 1 is 0.361 bits per heavy atom. The number of nitrogens with zero attached hydrogens (tertiary/aromatic N) is 2. The molecular weight excluding hydrogens is 1080 g/mol. The van der Waals surface area contributed by atoms with Crippen LogP contribution in [0.3, 0.4) is 0 Å². The lowest BCUT2D eigenvalue weighted by Gasteiger charge is -2.22. The number of ether oxygens (including phenoxy) is 1. The second kappa shape index (κ2) is 46.7. The Morgan fingerprint density at radius 2 is 0.602 bits per heavy atom. The van der Waals surface area contributed by atoms with E-state index < -0.39 is 89.3 Å². The minimum Gasteiger partial charge on any atom is -0.453 e. The zero-order valence-electron chi connectivity index (χ0n) is 51.1. The first-order valence-corrected chi connectivity index (χ1v) is 28.9. The van der Waals surface area contributed by atoms with Gasteiger partial charge in [0.15, 0.2) is 0 Å². The largest absolute Gasteiger partial charge is 0.453 e. The molecule has 0 rings (SSSR count). The summed E-state index contributed by atoms with van der Waals surface area (Å²) in [7, 11) is 1.20. The number of carbonyl (C=O) groups excluding carboxylic acids is 12. The summed E-state index contributed by atoms with van der Waals surface area (Å²) in [6, 6.07) is -1.36. The molecule has 83 heavy (non-hydrogen) atoms. The third-order valence-corrected chi connectivity index (χ3v) is 12.0. The first-order valence-electron chi connectivity index (χ1n) is 28.9. The Balaban J connectivity index is 0. The van der Waals surface area contributed by atoms with Gasteiger partial charge in [-0.1, -0.05) is 55.4 Å². The van der Waals surface area contributed by atoms with Crippen molar-refractivity contribution in [3.63, 3.8) is 0 Å². The summed E-state index contributed by atoms with van der Waals surface area (Å²) in [6.07, 6.45) is 6.23. The van der Waals surface area contributed by atoms with Crippen molar-refractivity contribution in [3.8, 4) is 0 Å². The molecule has 4 atom stereocenters. The fraction of sp³-hybridized carbons (Fsp3) is 0.778. The molecule has 0 aliphatic rings. The van der Waals surface area contributed by atoms with Crippen LogP contribution in [0.2, 0.25) is 0 Å². The van der Waals surface area contributed by atoms with Gasteiger partial charge in [0.2, 0.25) is 65.0 Å². The first-order chi connectivity index (χ1) is 39.0. The van der Waals surface area contributed by atoms with Crippen molar-refractivity contribution in [3.05, 3.63) is 0 Å². The van der Waals surface area contributed by atoms with E-state index in [1.54, 1.807) is 0 Å². The molecule has 0 bridgehead atoms. The summed E-state index contributed by atoms with van der Waals surface area (Å²) in [5.74, 6) is -4.68. The lowest BCUT2D eigenvalue weighted by Crippen LogP contribution is -2.47. The predicted molar refractivity (Wildman–Crippen MR) is 314 cm³/mol. The van der Waals surface area contributed by atoms with Crippen LogP contribution in [0.4, 0.5) is 4.79 Å². The summed E-state index contributed by atoms with van der Waals surface area (Å²) in [5.41, 5.74) is 21.7. The van der Waals surface area contributed by atoms with Crippen molar-refractivity contribution in [1.29, 1.82) is 0 Å². The highest BCUT2D eigenvalue weighted by atomic mass is 16.5. The fourth-order valence-corrected chi connectivity index (χ4v) is 8.03. The molecule has 0 aliphatic heterocycles. The Hall–Kier alpha value is -6.72. The number of rotatable bonds is 46. The average Bonchev–Trinajstić information content (AvgIpc) is 3.40. The van der Waals surface area contributed by atoms with Crippen molar-refractivity contribution in [2.24, 2.45) is 22.9 Å². The van der Waals surface area contributed by atoms with Crippen molar-refractivity contribution >= 4 is 71.1 Å². The highest BCUT2D eigenvalue weighted by molar-refractivity contribution is 5.90. The van der Waals surface area contributed by atoms with Gasteiger partial charge in [-0.2, -0.15) is 0 Å². The van der Waals surface area contributed by atoms with Gasteiger partial charge in [0, 0.05) is 83.2 Å². The molecule has 478 valence electrons. The van der Waals surface area contributed by atoms with Crippen LogP contribution in [0.5, 0.6) is 0 Å². The normalized spacial score (nSPS) is 12.4. The van der Waals surface area contributed by atoms with E-state index in [4.69, 9.17) is 22.9 Å². The van der Waals surface area contributed by atoms with Crippen LogP contribution >= 0.6 is 0 Å². The molecule has 0 aromatic heterocycles. The molecule has 29 nitrogen and oxygen atoms in total. The molecule has 0 saturated carbocycles. The number of amides is 12. The predicted octanol–water partition coefficient (Wildman–Crippen LogP) is -2.54. The van der Waals surface area contributed by atoms with E-state index in [1.165, 1.54) is 14.0 Å². The molecule has 0 spiro atoms. The Labute approximate surface area is 491 Å². The second-order valence-electron chi connectivity index (χ2n) is 21.4. The monoisotopic (exact) mass is 1180 g/mol. The number of nitrogens with two attached hydrogens (primary N) is 4. The zero-order chi connectivity index (χ0) is 63.5. The number of hydrogen-bond acceptors (Lipinski definition) is 17. The van der Waals surface area contributed by atoms with Crippen LogP contribution in [-0.4, -0.2) is 202 Å². The summed E-state index contributed by atoms with van der Waals surface area (Å²) in [5, 5.41) is 28.3. The molecule has 18 N–H and O–H groups in total. The molecule has 0 radical (unpaired) electrons. The van der Waals surface area contributed by atoms with Crippen molar-refractivity contribution in [2.75, 3.05) is 72.6 Å². The van der Waals surface area contributed by atoms with E-state index in [0.29, 0.717) is 103 Å². The number of carbonyl (C=O) groups is 12. The van der Waals surface area contributed by atoms with Gasteiger partial charge in [0.25, 0.3) is 0 Å². The third-order valence-electron chi connectivity index (χ3n) is 12.0. The summed E-state index contributed by atoms with van der Waals surface area (Å²) < 4.78 is 4.48. The molecule has 0 aliphatic carbocycles. The molecule has 4 unspecified atom stereocenters. The van der Waals surface area contributed by atoms with Crippen LogP contribution in [0.1, 0.15) is 152 Å². The van der Waals surface area contributed by atoms with E-state index in [-0.39, 0.29) is 82.2 Å². The van der Waals surface area contributed by atoms with Crippen LogP contribution in [0, 0.1) is 0 Å². The van der Waals surface area contributed by atoms with Crippen LogP contribution in [-0.2, 0) is 57.5 Å². The number of unbranched alkanes of at least 4 members (excludes halogenated alkanes) is 4. The number of primary amides is 4. The Morgan fingerprint density at radius 3 is 0.807 bits per heavy atom. The van der Waals surface area contributed by atoms with E-state index >= 15 is 0 Å².